The van der Waals surface area contributed by atoms with Gasteiger partial charge in [-0.1, -0.05) is 10.2 Å². The Morgan fingerprint density at radius 2 is 1.81 bits per heavy atom. The van der Waals surface area contributed by atoms with Crippen LogP contribution in [0.3, 0.4) is 0 Å². The molecule has 0 saturated carbocycles. The number of esters is 1. The minimum absolute atomic E-state index is 0.0862. The van der Waals surface area contributed by atoms with Crippen LogP contribution in [0.4, 0.5) is 4.79 Å². The van der Waals surface area contributed by atoms with Crippen molar-refractivity contribution in [1.82, 2.24) is 5.06 Å². The molecule has 9 nitrogen and oxygen atoms in total. The topological polar surface area (TPSA) is 115 Å². The van der Waals surface area contributed by atoms with Crippen LogP contribution in [0.15, 0.2) is 22.4 Å². The summed E-state index contributed by atoms with van der Waals surface area (Å²) in [5, 5.41) is 6.22. The van der Waals surface area contributed by atoms with Crippen molar-refractivity contribution >= 4 is 23.9 Å². The number of nitrogens with zero attached hydrogens (tertiary/aromatic N) is 3. The summed E-state index contributed by atoms with van der Waals surface area (Å²) in [6.45, 7) is 0. The molecule has 2 aliphatic rings. The van der Waals surface area contributed by atoms with Crippen molar-refractivity contribution in [2.45, 2.75) is 6.23 Å². The van der Waals surface area contributed by atoms with Gasteiger partial charge in [0.1, 0.15) is 0 Å². The van der Waals surface area contributed by atoms with Gasteiger partial charge in [-0.3, -0.25) is 4.79 Å². The Labute approximate surface area is 87.3 Å². The lowest BCUT2D eigenvalue weighted by atomic mass is 10.5. The van der Waals surface area contributed by atoms with Crippen LogP contribution < -0.4 is 0 Å². The second-order valence-electron chi connectivity index (χ2n) is 2.66. The van der Waals surface area contributed by atoms with Gasteiger partial charge in [0, 0.05) is 12.2 Å². The Hall–Kier alpha value is -2.58. The number of carbonyl (C=O) groups excluding carboxylic acids is 4. The lowest BCUT2D eigenvalue weighted by molar-refractivity contribution is -0.189. The first-order valence-electron chi connectivity index (χ1n) is 3.97. The van der Waals surface area contributed by atoms with Crippen LogP contribution in [0.25, 0.3) is 0 Å². The third kappa shape index (κ3) is 1.65. The Bertz CT molecular complexity index is 453. The third-order valence-electron chi connectivity index (χ3n) is 1.60. The molecule has 0 N–H and O–H groups in total. The maximum Gasteiger partial charge on any atom is 0.403 e. The summed E-state index contributed by atoms with van der Waals surface area (Å²) in [5.74, 6) is -3.13. The molecule has 0 aromatic carbocycles. The molecule has 0 aromatic heterocycles. The van der Waals surface area contributed by atoms with Crippen molar-refractivity contribution in [2.75, 3.05) is 0 Å². The molecular weight excluding hydrogens is 222 g/mol. The largest absolute Gasteiger partial charge is 0.425 e. The quantitative estimate of drug-likeness (QED) is 0.503. The lowest BCUT2D eigenvalue weighted by Crippen LogP contribution is -2.45. The number of hydrogen-bond donors (Lipinski definition) is 0. The van der Waals surface area contributed by atoms with Crippen LogP contribution in [0.2, 0.25) is 0 Å². The monoisotopic (exact) mass is 225 g/mol. The number of rotatable bonds is 0. The van der Waals surface area contributed by atoms with Crippen molar-refractivity contribution < 1.29 is 28.8 Å². The van der Waals surface area contributed by atoms with Gasteiger partial charge in [-0.05, 0) is 0 Å². The zero-order valence-electron chi connectivity index (χ0n) is 7.52. The second kappa shape index (κ2) is 3.53. The zero-order valence-corrected chi connectivity index (χ0v) is 7.52. The van der Waals surface area contributed by atoms with E-state index in [4.69, 9.17) is 0 Å². The van der Waals surface area contributed by atoms with E-state index < -0.39 is 30.1 Å². The molecule has 16 heavy (non-hydrogen) atoms. The van der Waals surface area contributed by atoms with E-state index in [-0.39, 0.29) is 5.06 Å². The molecule has 1 unspecified atom stereocenters. The molecule has 0 aromatic rings. The molecule has 82 valence electrons. The number of hydrogen-bond acceptors (Lipinski definition) is 7. The number of azo groups is 1. The Kier molecular flexibility index (Phi) is 2.20. The highest BCUT2D eigenvalue weighted by Crippen LogP contribution is 2.13. The highest BCUT2D eigenvalue weighted by Gasteiger charge is 2.39. The van der Waals surface area contributed by atoms with Crippen LogP contribution >= 0.6 is 0 Å². The minimum atomic E-state index is -1.61. The maximum absolute atomic E-state index is 11.4. The first-order chi connectivity index (χ1) is 7.58. The molecule has 2 bridgehead atoms. The standard InChI is InChI=1S/C7H3N3O6/c11-3-1-2-4(12)16-10-6(13)5(15-3)8-9-7(10)14/h1-2,5H/b2-1+. The van der Waals surface area contributed by atoms with Crippen LogP contribution in [0.5, 0.6) is 0 Å². The van der Waals surface area contributed by atoms with Gasteiger partial charge in [0.2, 0.25) is 0 Å². The number of hydroxylamine groups is 2. The summed E-state index contributed by atoms with van der Waals surface area (Å²) < 4.78 is 4.49. The van der Waals surface area contributed by atoms with Gasteiger partial charge in [0.25, 0.3) is 6.23 Å². The van der Waals surface area contributed by atoms with Crippen LogP contribution in [0, 0.1) is 0 Å². The van der Waals surface area contributed by atoms with Crippen molar-refractivity contribution in [2.24, 2.45) is 10.2 Å². The smallest absolute Gasteiger partial charge is 0.403 e. The maximum atomic E-state index is 11.4. The molecule has 2 heterocycles. The van der Waals surface area contributed by atoms with E-state index in [9.17, 15) is 19.2 Å². The molecule has 0 fully saturated rings. The molecule has 0 saturated heterocycles. The first kappa shape index (κ1) is 9.96. The van der Waals surface area contributed by atoms with E-state index in [1.807, 2.05) is 0 Å². The summed E-state index contributed by atoms with van der Waals surface area (Å²) in [4.78, 5) is 48.7. The molecular formula is C7H3N3O6. The van der Waals surface area contributed by atoms with Gasteiger partial charge in [0.05, 0.1) is 0 Å². The predicted octanol–water partition coefficient (Wildman–Crippen LogP) is -0.702. The number of carbonyl (C=O) groups is 4. The number of amides is 3. The predicted molar refractivity (Wildman–Crippen MR) is 42.2 cm³/mol. The zero-order chi connectivity index (χ0) is 11.7. The third-order valence-corrected chi connectivity index (χ3v) is 1.60. The van der Waals surface area contributed by atoms with E-state index in [1.54, 1.807) is 0 Å². The average Bonchev–Trinajstić information content (AvgIpc) is 2.27. The summed E-state index contributed by atoms with van der Waals surface area (Å²) in [7, 11) is 0. The van der Waals surface area contributed by atoms with Crippen LogP contribution in [-0.4, -0.2) is 35.2 Å². The highest BCUT2D eigenvalue weighted by atomic mass is 16.7. The number of urea groups is 1. The van der Waals surface area contributed by atoms with Gasteiger partial charge < -0.3 is 9.57 Å². The Balaban J connectivity index is 2.39. The molecule has 0 aliphatic carbocycles. The van der Waals surface area contributed by atoms with E-state index in [2.05, 4.69) is 19.8 Å². The van der Waals surface area contributed by atoms with Gasteiger partial charge in [-0.2, -0.15) is 0 Å². The fourth-order valence-corrected chi connectivity index (χ4v) is 0.950. The van der Waals surface area contributed by atoms with Crippen LogP contribution in [0.1, 0.15) is 0 Å². The summed E-state index contributed by atoms with van der Waals surface area (Å²) in [6, 6.07) is -1.17. The molecule has 0 spiro atoms. The normalized spacial score (nSPS) is 26.5. The van der Waals surface area contributed by atoms with Crippen molar-refractivity contribution in [3.63, 3.8) is 0 Å². The molecule has 2 rings (SSSR count). The first-order valence-corrected chi connectivity index (χ1v) is 3.97. The molecule has 0 radical (unpaired) electrons. The van der Waals surface area contributed by atoms with Crippen LogP contribution in [-0.2, 0) is 24.0 Å². The summed E-state index contributed by atoms with van der Waals surface area (Å²) >= 11 is 0. The van der Waals surface area contributed by atoms with Crippen molar-refractivity contribution in [1.29, 1.82) is 0 Å². The van der Waals surface area contributed by atoms with E-state index in [1.165, 1.54) is 0 Å². The lowest BCUT2D eigenvalue weighted by Gasteiger charge is -2.20. The molecule has 1 atom stereocenters. The van der Waals surface area contributed by atoms with E-state index in [0.717, 1.165) is 6.08 Å². The minimum Gasteiger partial charge on any atom is -0.425 e. The Morgan fingerprint density at radius 3 is 2.56 bits per heavy atom. The van der Waals surface area contributed by atoms with E-state index >= 15 is 0 Å². The van der Waals surface area contributed by atoms with Gasteiger partial charge in [0.15, 0.2) is 0 Å². The summed E-state index contributed by atoms with van der Waals surface area (Å²) in [6.07, 6.45) is -0.151. The summed E-state index contributed by atoms with van der Waals surface area (Å²) in [5.41, 5.74) is 0. The molecule has 2 aliphatic heterocycles. The fraction of sp³-hybridized carbons (Fsp3) is 0.143. The molecule has 3 amide bonds. The van der Waals surface area contributed by atoms with E-state index in [0.29, 0.717) is 6.08 Å². The number of fused-ring (bicyclic) bond motifs is 2. The number of ether oxygens (including phenoxy) is 1. The van der Waals surface area contributed by atoms with Gasteiger partial charge in [-0.25, -0.2) is 14.4 Å². The highest BCUT2D eigenvalue weighted by molar-refractivity contribution is 6.01. The van der Waals surface area contributed by atoms with Crippen molar-refractivity contribution in [3.8, 4) is 0 Å². The number of imide groups is 1. The van der Waals surface area contributed by atoms with Crippen molar-refractivity contribution in [3.05, 3.63) is 12.2 Å². The van der Waals surface area contributed by atoms with Gasteiger partial charge in [-0.15, -0.1) is 5.11 Å². The second-order valence-corrected chi connectivity index (χ2v) is 2.66. The fourth-order valence-electron chi connectivity index (χ4n) is 0.950. The average molecular weight is 225 g/mol. The van der Waals surface area contributed by atoms with Gasteiger partial charge >= 0.3 is 23.9 Å². The Morgan fingerprint density at radius 1 is 1.12 bits per heavy atom. The SMILES string of the molecule is O=C1/C=C/C(=O)ON2C(=O)N=NC(O1)C2=O. The molecule has 9 heteroatoms.